The van der Waals surface area contributed by atoms with Crippen molar-refractivity contribution in [2.24, 2.45) is 5.41 Å². The first-order valence-electron chi connectivity index (χ1n) is 10.0. The third-order valence-corrected chi connectivity index (χ3v) is 5.22. The minimum absolute atomic E-state index is 0.0959. The maximum Gasteiger partial charge on any atom is 0.290 e. The summed E-state index contributed by atoms with van der Waals surface area (Å²) in [6.07, 6.45) is 4.57. The Balaban J connectivity index is 0.000000913. The van der Waals surface area contributed by atoms with Crippen LogP contribution in [0.3, 0.4) is 0 Å². The smallest absolute Gasteiger partial charge is 0.290 e. The third-order valence-electron chi connectivity index (χ3n) is 5.22. The summed E-state index contributed by atoms with van der Waals surface area (Å²) in [5.41, 5.74) is 1.48. The Labute approximate surface area is 184 Å². The molecule has 32 heavy (non-hydrogen) atoms. The molecular weight excluding hydrogens is 417 g/mol. The first-order chi connectivity index (χ1) is 15.2. The van der Waals surface area contributed by atoms with Crippen LogP contribution < -0.4 is 10.2 Å². The molecule has 0 amide bonds. The van der Waals surface area contributed by atoms with Gasteiger partial charge in [0.1, 0.15) is 17.3 Å². The van der Waals surface area contributed by atoms with Gasteiger partial charge in [-0.2, -0.15) is 5.10 Å². The molecule has 0 unspecified atom stereocenters. The molecule has 1 saturated heterocycles. The summed E-state index contributed by atoms with van der Waals surface area (Å²) in [5.74, 6) is -0.0545. The van der Waals surface area contributed by atoms with E-state index in [0.29, 0.717) is 23.2 Å². The molecule has 11 heteroatoms. The van der Waals surface area contributed by atoms with Crippen LogP contribution in [0, 0.1) is 11.2 Å². The molecule has 0 radical (unpaired) electrons. The van der Waals surface area contributed by atoms with Gasteiger partial charge in [0.25, 0.3) is 6.47 Å². The molecule has 1 aliphatic rings. The number of hydrogen-bond donors (Lipinski definition) is 4. The average molecular weight is 443 g/mol. The predicted molar refractivity (Wildman–Crippen MR) is 117 cm³/mol. The molecule has 1 aromatic carbocycles. The minimum Gasteiger partial charge on any atom is -0.507 e. The average Bonchev–Trinajstić information content (AvgIpc) is 3.30. The van der Waals surface area contributed by atoms with Crippen molar-refractivity contribution in [1.29, 1.82) is 0 Å². The van der Waals surface area contributed by atoms with Crippen LogP contribution in [0.2, 0.25) is 0 Å². The molecule has 4 N–H and O–H groups in total. The van der Waals surface area contributed by atoms with Crippen molar-refractivity contribution in [2.45, 2.75) is 26.8 Å². The van der Waals surface area contributed by atoms with E-state index in [1.54, 1.807) is 6.20 Å². The second kappa shape index (κ2) is 9.69. The van der Waals surface area contributed by atoms with Crippen molar-refractivity contribution in [3.05, 3.63) is 36.5 Å². The van der Waals surface area contributed by atoms with Crippen molar-refractivity contribution in [1.82, 2.24) is 30.7 Å². The number of nitrogens with one attached hydrogen (secondary N) is 2. The number of carboxylic acid groups (broad SMARTS) is 1. The van der Waals surface area contributed by atoms with Crippen molar-refractivity contribution in [2.75, 3.05) is 24.5 Å². The number of aromatic nitrogens is 5. The van der Waals surface area contributed by atoms with Gasteiger partial charge in [-0.15, -0.1) is 10.2 Å². The van der Waals surface area contributed by atoms with E-state index in [0.717, 1.165) is 19.6 Å². The van der Waals surface area contributed by atoms with Crippen LogP contribution in [-0.2, 0) is 4.79 Å². The van der Waals surface area contributed by atoms with E-state index in [9.17, 15) is 9.50 Å². The van der Waals surface area contributed by atoms with Crippen molar-refractivity contribution in [3.8, 4) is 28.1 Å². The SMILES string of the molecule is CC(C)(C)[C@H]1CN(c2ncc(-c3cc(F)c(-c4cn[nH]c4)cc3O)nn2)CCN1.O=CO. The van der Waals surface area contributed by atoms with Crippen molar-refractivity contribution >= 4 is 12.4 Å². The summed E-state index contributed by atoms with van der Waals surface area (Å²) in [7, 11) is 0. The van der Waals surface area contributed by atoms with E-state index in [-0.39, 0.29) is 28.8 Å². The zero-order valence-electron chi connectivity index (χ0n) is 18.1. The van der Waals surface area contributed by atoms with Gasteiger partial charge >= 0.3 is 0 Å². The number of phenolic OH excluding ortho intramolecular Hbond substituents is 1. The summed E-state index contributed by atoms with van der Waals surface area (Å²) in [6.45, 7) is 8.74. The first kappa shape index (κ1) is 23.1. The minimum atomic E-state index is -0.486. The molecule has 0 spiro atoms. The Morgan fingerprint density at radius 1 is 1.22 bits per heavy atom. The van der Waals surface area contributed by atoms with Crippen LogP contribution in [0.25, 0.3) is 22.4 Å². The number of nitrogens with zero attached hydrogens (tertiary/aromatic N) is 5. The number of hydrogen-bond acceptors (Lipinski definition) is 8. The number of aromatic amines is 1. The van der Waals surface area contributed by atoms with Gasteiger partial charge < -0.3 is 20.4 Å². The predicted octanol–water partition coefficient (Wildman–Crippen LogP) is 2.30. The topological polar surface area (TPSA) is 140 Å². The van der Waals surface area contributed by atoms with Gasteiger partial charge in [-0.25, -0.2) is 9.37 Å². The first-order valence-corrected chi connectivity index (χ1v) is 10.0. The van der Waals surface area contributed by atoms with Gasteiger partial charge in [-0.1, -0.05) is 20.8 Å². The highest BCUT2D eigenvalue weighted by Crippen LogP contribution is 2.34. The number of aromatic hydroxyl groups is 1. The van der Waals surface area contributed by atoms with Gasteiger partial charge in [0.2, 0.25) is 5.95 Å². The Bertz CT molecular complexity index is 1040. The van der Waals surface area contributed by atoms with E-state index >= 15 is 0 Å². The molecule has 1 atom stereocenters. The molecule has 170 valence electrons. The van der Waals surface area contributed by atoms with Gasteiger partial charge in [0.15, 0.2) is 0 Å². The fraction of sp³-hybridized carbons (Fsp3) is 0.381. The quantitative estimate of drug-likeness (QED) is 0.449. The van der Waals surface area contributed by atoms with Crippen LogP contribution in [-0.4, -0.2) is 67.7 Å². The second-order valence-electron chi connectivity index (χ2n) is 8.40. The van der Waals surface area contributed by atoms with E-state index in [1.807, 2.05) is 0 Å². The van der Waals surface area contributed by atoms with Gasteiger partial charge in [0, 0.05) is 48.6 Å². The fourth-order valence-corrected chi connectivity index (χ4v) is 3.44. The zero-order valence-corrected chi connectivity index (χ0v) is 18.1. The molecular formula is C21H26FN7O3. The molecule has 0 aliphatic carbocycles. The maximum atomic E-state index is 14.6. The number of anilines is 1. The van der Waals surface area contributed by atoms with Crippen LogP contribution >= 0.6 is 0 Å². The van der Waals surface area contributed by atoms with Crippen LogP contribution in [0.5, 0.6) is 5.75 Å². The van der Waals surface area contributed by atoms with Gasteiger partial charge in [-0.05, 0) is 17.5 Å². The normalized spacial score (nSPS) is 16.2. The van der Waals surface area contributed by atoms with Crippen molar-refractivity contribution in [3.63, 3.8) is 0 Å². The van der Waals surface area contributed by atoms with Crippen LogP contribution in [0.1, 0.15) is 20.8 Å². The van der Waals surface area contributed by atoms with Gasteiger partial charge in [0.05, 0.1) is 12.4 Å². The van der Waals surface area contributed by atoms with Crippen molar-refractivity contribution < 1.29 is 19.4 Å². The standard InChI is InChI=1S/C20H24FN7O.CH2O2/c1-20(2,3)18-11-28(5-4-22-18)19-23-10-16(26-27-19)14-6-15(21)13(7-17(14)29)12-8-24-25-9-12;2-1-3/h6-10,18,22,29H,4-5,11H2,1-3H3,(H,24,25);1H,(H,2,3)/t18-;/m1./s1. The Kier molecular flexibility index (Phi) is 6.98. The molecule has 3 heterocycles. The zero-order chi connectivity index (χ0) is 23.3. The Morgan fingerprint density at radius 3 is 2.56 bits per heavy atom. The number of carbonyl (C=O) groups is 1. The fourth-order valence-electron chi connectivity index (χ4n) is 3.44. The molecule has 10 nitrogen and oxygen atoms in total. The molecule has 1 fully saturated rings. The lowest BCUT2D eigenvalue weighted by atomic mass is 9.85. The van der Waals surface area contributed by atoms with Crippen LogP contribution in [0.4, 0.5) is 10.3 Å². The van der Waals surface area contributed by atoms with Crippen LogP contribution in [0.15, 0.2) is 30.7 Å². The van der Waals surface area contributed by atoms with E-state index in [2.05, 4.69) is 56.4 Å². The maximum absolute atomic E-state index is 14.6. The number of H-pyrrole nitrogens is 1. The summed E-state index contributed by atoms with van der Waals surface area (Å²) in [5, 5.41) is 35.7. The number of benzene rings is 1. The van der Waals surface area contributed by atoms with Gasteiger partial charge in [-0.3, -0.25) is 9.89 Å². The number of rotatable bonds is 3. The highest BCUT2D eigenvalue weighted by molar-refractivity contribution is 5.74. The Hall–Kier alpha value is -3.60. The molecule has 4 rings (SSSR count). The molecule has 0 bridgehead atoms. The summed E-state index contributed by atoms with van der Waals surface area (Å²) >= 11 is 0. The second-order valence-corrected chi connectivity index (χ2v) is 8.40. The monoisotopic (exact) mass is 443 g/mol. The summed E-state index contributed by atoms with van der Waals surface area (Å²) < 4.78 is 14.6. The highest BCUT2D eigenvalue weighted by atomic mass is 19.1. The molecule has 3 aromatic rings. The largest absolute Gasteiger partial charge is 0.507 e. The summed E-state index contributed by atoms with van der Waals surface area (Å²) in [6, 6.07) is 2.91. The highest BCUT2D eigenvalue weighted by Gasteiger charge is 2.30. The molecule has 0 saturated carbocycles. The van der Waals surface area contributed by atoms with E-state index < -0.39 is 5.82 Å². The van der Waals surface area contributed by atoms with E-state index in [4.69, 9.17) is 9.90 Å². The van der Waals surface area contributed by atoms with E-state index in [1.165, 1.54) is 24.5 Å². The number of halogens is 1. The lowest BCUT2D eigenvalue weighted by Crippen LogP contribution is -2.56. The lowest BCUT2D eigenvalue weighted by molar-refractivity contribution is -0.122. The number of phenols is 1. The molecule has 1 aliphatic heterocycles. The molecule has 2 aromatic heterocycles. The lowest BCUT2D eigenvalue weighted by Gasteiger charge is -2.40. The third kappa shape index (κ3) is 5.17. The number of piperazine rings is 1. The Morgan fingerprint density at radius 2 is 1.97 bits per heavy atom. The summed E-state index contributed by atoms with van der Waals surface area (Å²) in [4.78, 5) is 14.9.